The smallest absolute Gasteiger partial charge is 0.308 e. The van der Waals surface area contributed by atoms with Gasteiger partial charge in [-0.3, -0.25) is 0 Å². The summed E-state index contributed by atoms with van der Waals surface area (Å²) in [4.78, 5) is 15.5. The molecule has 0 saturated heterocycles. The van der Waals surface area contributed by atoms with Gasteiger partial charge >= 0.3 is 6.03 Å². The Morgan fingerprint density at radius 2 is 1.95 bits per heavy atom. The first-order valence-corrected chi connectivity index (χ1v) is 5.75. The van der Waals surface area contributed by atoms with Crippen molar-refractivity contribution in [1.29, 1.82) is 5.26 Å². The lowest BCUT2D eigenvalue weighted by atomic mass is 10.2. The number of urea groups is 1. The molecule has 19 heavy (non-hydrogen) atoms. The number of pyridine rings is 1. The molecule has 1 heterocycles. The van der Waals surface area contributed by atoms with Gasteiger partial charge in [-0.2, -0.15) is 5.26 Å². The Bertz CT molecular complexity index is 651. The highest BCUT2D eigenvalue weighted by Gasteiger charge is 2.03. The van der Waals surface area contributed by atoms with Crippen molar-refractivity contribution in [2.75, 3.05) is 10.6 Å². The van der Waals surface area contributed by atoms with Crippen molar-refractivity contribution in [1.82, 2.24) is 4.98 Å². The fourth-order valence-corrected chi connectivity index (χ4v) is 1.61. The normalized spacial score (nSPS) is 9.47. The molecule has 0 atom stereocenters. The van der Waals surface area contributed by atoms with E-state index >= 15 is 0 Å². The van der Waals surface area contributed by atoms with Crippen LogP contribution in [0.1, 0.15) is 5.56 Å². The molecule has 2 aromatic rings. The van der Waals surface area contributed by atoms with E-state index in [0.29, 0.717) is 22.1 Å². The third-order valence-corrected chi connectivity index (χ3v) is 2.44. The number of aromatic nitrogens is 1. The van der Waals surface area contributed by atoms with Gasteiger partial charge in [0.2, 0.25) is 0 Å². The summed E-state index contributed by atoms with van der Waals surface area (Å²) >= 11 is 5.71. The predicted octanol–water partition coefficient (Wildman–Crippen LogP) is 3.25. The number of carbonyl (C=O) groups is 1. The van der Waals surface area contributed by atoms with Gasteiger partial charge in [0, 0.05) is 17.6 Å². The molecule has 2 N–H and O–H groups in total. The van der Waals surface area contributed by atoms with Gasteiger partial charge in [-0.1, -0.05) is 17.7 Å². The number of hydrogen-bond donors (Lipinski definition) is 2. The number of carbonyl (C=O) groups excluding carboxylic acids is 1. The van der Waals surface area contributed by atoms with Gasteiger partial charge in [0.15, 0.2) is 0 Å². The lowest BCUT2D eigenvalue weighted by molar-refractivity contribution is 0.262. The van der Waals surface area contributed by atoms with Crippen molar-refractivity contribution in [2.45, 2.75) is 0 Å². The lowest BCUT2D eigenvalue weighted by Crippen LogP contribution is -2.19. The van der Waals surface area contributed by atoms with Crippen molar-refractivity contribution in [3.8, 4) is 6.07 Å². The molecule has 0 fully saturated rings. The van der Waals surface area contributed by atoms with Gasteiger partial charge in [-0.15, -0.1) is 0 Å². The van der Waals surface area contributed by atoms with Crippen molar-refractivity contribution in [2.24, 2.45) is 0 Å². The Morgan fingerprint density at radius 1 is 1.21 bits per heavy atom. The second-order valence-electron chi connectivity index (χ2n) is 3.64. The first-order chi connectivity index (χ1) is 9.17. The number of rotatable bonds is 2. The number of nitrogens with zero attached hydrogens (tertiary/aromatic N) is 2. The molecule has 6 heteroatoms. The number of benzene rings is 1. The number of halogens is 1. The van der Waals surface area contributed by atoms with Crippen molar-refractivity contribution >= 4 is 29.0 Å². The Morgan fingerprint density at radius 3 is 2.63 bits per heavy atom. The molecule has 0 aliphatic heterocycles. The van der Waals surface area contributed by atoms with E-state index in [2.05, 4.69) is 15.6 Å². The number of amides is 2. The van der Waals surface area contributed by atoms with Crippen LogP contribution >= 0.6 is 11.6 Å². The summed E-state index contributed by atoms with van der Waals surface area (Å²) in [5, 5.41) is 14.3. The molecule has 0 saturated carbocycles. The maximum atomic E-state index is 11.7. The van der Waals surface area contributed by atoms with Gasteiger partial charge in [0.25, 0.3) is 0 Å². The predicted molar refractivity (Wildman–Crippen MR) is 73.0 cm³/mol. The molecule has 1 aromatic heterocycles. The largest absolute Gasteiger partial charge is 0.323 e. The fourth-order valence-electron chi connectivity index (χ4n) is 1.44. The minimum atomic E-state index is -0.419. The summed E-state index contributed by atoms with van der Waals surface area (Å²) < 4.78 is 0. The van der Waals surface area contributed by atoms with E-state index in [1.807, 2.05) is 6.07 Å². The van der Waals surface area contributed by atoms with E-state index in [-0.39, 0.29) is 0 Å². The number of anilines is 2. The van der Waals surface area contributed by atoms with Crippen molar-refractivity contribution in [3.05, 3.63) is 53.3 Å². The van der Waals surface area contributed by atoms with Gasteiger partial charge in [-0.05, 0) is 30.3 Å². The Hall–Kier alpha value is -2.58. The minimum Gasteiger partial charge on any atom is -0.308 e. The van der Waals surface area contributed by atoms with Crippen LogP contribution in [-0.2, 0) is 0 Å². The average Bonchev–Trinajstić information content (AvgIpc) is 2.38. The lowest BCUT2D eigenvalue weighted by Gasteiger charge is -2.07. The number of nitrogens with one attached hydrogen (secondary N) is 2. The third kappa shape index (κ3) is 3.69. The Labute approximate surface area is 114 Å². The zero-order valence-corrected chi connectivity index (χ0v) is 10.5. The van der Waals surface area contributed by atoms with E-state index in [1.165, 1.54) is 12.3 Å². The highest BCUT2D eigenvalue weighted by atomic mass is 35.5. The number of nitriles is 1. The molecule has 94 valence electrons. The monoisotopic (exact) mass is 272 g/mol. The summed E-state index contributed by atoms with van der Waals surface area (Å²) in [5.41, 5.74) is 1.55. The van der Waals surface area contributed by atoms with E-state index < -0.39 is 6.03 Å². The molecule has 0 spiro atoms. The fraction of sp³-hybridized carbons (Fsp3) is 0. The molecule has 0 radical (unpaired) electrons. The molecule has 0 bridgehead atoms. The Balaban J connectivity index is 2.03. The van der Waals surface area contributed by atoms with E-state index in [1.54, 1.807) is 30.3 Å². The van der Waals surface area contributed by atoms with Crippen molar-refractivity contribution < 1.29 is 4.79 Å². The van der Waals surface area contributed by atoms with Crippen LogP contribution in [0.4, 0.5) is 16.2 Å². The molecular formula is C13H9ClN4O. The Kier molecular flexibility index (Phi) is 3.96. The summed E-state index contributed by atoms with van der Waals surface area (Å²) in [6, 6.07) is 11.4. The highest BCUT2D eigenvalue weighted by molar-refractivity contribution is 6.29. The van der Waals surface area contributed by atoms with E-state index in [0.717, 1.165) is 0 Å². The average molecular weight is 273 g/mol. The molecule has 5 nitrogen and oxygen atoms in total. The van der Waals surface area contributed by atoms with Gasteiger partial charge in [-0.25, -0.2) is 9.78 Å². The molecule has 0 aliphatic carbocycles. The van der Waals surface area contributed by atoms with Gasteiger partial charge in [0.1, 0.15) is 5.15 Å². The van der Waals surface area contributed by atoms with Crippen LogP contribution in [0.15, 0.2) is 42.6 Å². The maximum Gasteiger partial charge on any atom is 0.323 e. The van der Waals surface area contributed by atoms with Crippen molar-refractivity contribution in [3.63, 3.8) is 0 Å². The van der Waals surface area contributed by atoms with Crippen LogP contribution in [0.3, 0.4) is 0 Å². The van der Waals surface area contributed by atoms with E-state index in [9.17, 15) is 4.79 Å². The SMILES string of the molecule is N#Cc1cccc(NC(=O)Nc2ccnc(Cl)c2)c1. The van der Waals surface area contributed by atoms with Crippen LogP contribution in [0.25, 0.3) is 0 Å². The second-order valence-corrected chi connectivity index (χ2v) is 4.03. The summed E-state index contributed by atoms with van der Waals surface area (Å²) in [5.74, 6) is 0. The van der Waals surface area contributed by atoms with Crippen LogP contribution in [0.5, 0.6) is 0 Å². The molecule has 2 amide bonds. The molecule has 2 rings (SSSR count). The van der Waals surface area contributed by atoms with Crippen LogP contribution in [0.2, 0.25) is 5.15 Å². The quantitative estimate of drug-likeness (QED) is 0.824. The highest BCUT2D eigenvalue weighted by Crippen LogP contribution is 2.13. The molecule has 0 aliphatic rings. The standard InChI is InChI=1S/C13H9ClN4O/c14-12-7-11(4-5-16-12)18-13(19)17-10-3-1-2-9(6-10)8-15/h1-7H,(H2,16,17,18,19). The van der Waals surface area contributed by atoms with Gasteiger partial charge in [0.05, 0.1) is 11.6 Å². The molecule has 0 unspecified atom stereocenters. The zero-order chi connectivity index (χ0) is 13.7. The third-order valence-electron chi connectivity index (χ3n) is 2.23. The van der Waals surface area contributed by atoms with Crippen LogP contribution in [0, 0.1) is 11.3 Å². The van der Waals surface area contributed by atoms with E-state index in [4.69, 9.17) is 16.9 Å². The van der Waals surface area contributed by atoms with Crippen LogP contribution < -0.4 is 10.6 Å². The first-order valence-electron chi connectivity index (χ1n) is 5.37. The zero-order valence-electron chi connectivity index (χ0n) is 9.72. The first kappa shape index (κ1) is 12.9. The topological polar surface area (TPSA) is 77.8 Å². The minimum absolute atomic E-state index is 0.296. The molecular weight excluding hydrogens is 264 g/mol. The summed E-state index contributed by atoms with van der Waals surface area (Å²) in [6.45, 7) is 0. The maximum absolute atomic E-state index is 11.7. The second kappa shape index (κ2) is 5.85. The number of hydrogen-bond acceptors (Lipinski definition) is 3. The van der Waals surface area contributed by atoms with Gasteiger partial charge < -0.3 is 10.6 Å². The molecule has 1 aromatic carbocycles. The summed E-state index contributed by atoms with van der Waals surface area (Å²) in [7, 11) is 0. The van der Waals surface area contributed by atoms with Crippen LogP contribution in [-0.4, -0.2) is 11.0 Å². The summed E-state index contributed by atoms with van der Waals surface area (Å²) in [6.07, 6.45) is 1.49.